The lowest BCUT2D eigenvalue weighted by Crippen LogP contribution is -2.35. The van der Waals surface area contributed by atoms with Gasteiger partial charge in [0.15, 0.2) is 0 Å². The van der Waals surface area contributed by atoms with Crippen molar-refractivity contribution < 1.29 is 22.1 Å². The smallest absolute Gasteiger partial charge is 0.144 e. The van der Waals surface area contributed by atoms with Crippen LogP contribution in [-0.4, -0.2) is 19.1 Å². The third-order valence-electron chi connectivity index (χ3n) is 1.86. The van der Waals surface area contributed by atoms with Gasteiger partial charge in [0.2, 0.25) is 0 Å². The quantitative estimate of drug-likeness (QED) is 0.808. The van der Waals surface area contributed by atoms with E-state index in [0.29, 0.717) is 6.07 Å². The van der Waals surface area contributed by atoms with Crippen molar-refractivity contribution in [3.63, 3.8) is 0 Å². The number of benzene rings is 1. The Morgan fingerprint density at radius 3 is 2.36 bits per heavy atom. The summed E-state index contributed by atoms with van der Waals surface area (Å²) >= 11 is 0. The monoisotopic (exact) mass is 224 g/mol. The van der Waals surface area contributed by atoms with Crippen molar-refractivity contribution in [2.24, 2.45) is 0 Å². The third kappa shape index (κ3) is 1.97. The van der Waals surface area contributed by atoms with Crippen LogP contribution in [0.25, 0.3) is 0 Å². The number of rotatable bonds is 2. The van der Waals surface area contributed by atoms with Crippen LogP contribution in [-0.2, 0) is 9.63 Å². The number of hydrogen-bond acceptors (Lipinski definition) is 1. The zero-order valence-corrected chi connectivity index (χ0v) is 8.22. The second kappa shape index (κ2) is 3.08. The average molecular weight is 224 g/mol. The molecule has 0 aliphatic carbocycles. The lowest BCUT2D eigenvalue weighted by Gasteiger charge is -2.29. The maximum absolute atomic E-state index is 13.0. The van der Waals surface area contributed by atoms with Gasteiger partial charge < -0.3 is 9.11 Å². The molecule has 0 saturated carbocycles. The van der Waals surface area contributed by atoms with Crippen LogP contribution in [0.4, 0.5) is 8.78 Å². The maximum Gasteiger partial charge on any atom is 0.144 e. The standard InChI is InChI=1S/C8H10F2O3S/c1-2-14(11,12,13)8-4-3-6(9)5-7(8)10/h3-5H,2H2,1H3,(H2,11,12,13). The highest BCUT2D eigenvalue weighted by molar-refractivity contribution is 8.10. The van der Waals surface area contributed by atoms with Crippen molar-refractivity contribution in [3.05, 3.63) is 29.8 Å². The summed E-state index contributed by atoms with van der Waals surface area (Å²) in [6.07, 6.45) is 0. The summed E-state index contributed by atoms with van der Waals surface area (Å²) in [6, 6.07) is 2.03. The van der Waals surface area contributed by atoms with Gasteiger partial charge in [-0.15, -0.1) is 0 Å². The van der Waals surface area contributed by atoms with Crippen LogP contribution in [0.2, 0.25) is 0 Å². The highest BCUT2D eigenvalue weighted by Gasteiger charge is 2.33. The molecule has 0 aliphatic heterocycles. The minimum atomic E-state index is -5.13. The van der Waals surface area contributed by atoms with Crippen molar-refractivity contribution in [3.8, 4) is 0 Å². The van der Waals surface area contributed by atoms with Crippen LogP contribution < -0.4 is 0 Å². The van der Waals surface area contributed by atoms with E-state index in [2.05, 4.69) is 0 Å². The SMILES string of the molecule is CCS(=O)(O)(O)c1ccc(F)cc1F. The Hall–Kier alpha value is -0.850. The molecule has 0 atom stereocenters. The first-order chi connectivity index (χ1) is 6.24. The van der Waals surface area contributed by atoms with Crippen LogP contribution in [0, 0.1) is 11.6 Å². The van der Waals surface area contributed by atoms with Crippen molar-refractivity contribution in [1.82, 2.24) is 0 Å². The van der Waals surface area contributed by atoms with Gasteiger partial charge in [-0.05, 0) is 12.1 Å². The lowest BCUT2D eigenvalue weighted by molar-refractivity contribution is 0.384. The second-order valence-electron chi connectivity index (χ2n) is 2.88. The van der Waals surface area contributed by atoms with Gasteiger partial charge in [0.05, 0.1) is 4.90 Å². The highest BCUT2D eigenvalue weighted by atomic mass is 32.3. The fraction of sp³-hybridized carbons (Fsp3) is 0.250. The van der Waals surface area contributed by atoms with E-state index in [-0.39, 0.29) is 0 Å². The third-order valence-corrected chi connectivity index (χ3v) is 4.11. The zero-order valence-electron chi connectivity index (χ0n) is 7.41. The Labute approximate surface area is 79.8 Å². The molecule has 1 rings (SSSR count). The Morgan fingerprint density at radius 1 is 1.36 bits per heavy atom. The minimum absolute atomic E-state index is 0.450. The van der Waals surface area contributed by atoms with Gasteiger partial charge in [-0.3, -0.25) is 0 Å². The molecule has 0 bridgehead atoms. The zero-order chi connectivity index (χ0) is 11.0. The predicted octanol–water partition coefficient (Wildman–Crippen LogP) is 2.11. The average Bonchev–Trinajstić information content (AvgIpc) is 2.02. The van der Waals surface area contributed by atoms with E-state index in [1.54, 1.807) is 0 Å². The van der Waals surface area contributed by atoms with E-state index in [1.165, 1.54) is 6.92 Å². The van der Waals surface area contributed by atoms with Crippen molar-refractivity contribution in [2.45, 2.75) is 11.8 Å². The highest BCUT2D eigenvalue weighted by Crippen LogP contribution is 2.30. The molecular formula is C8H10F2O3S. The first-order valence-electron chi connectivity index (χ1n) is 3.85. The summed E-state index contributed by atoms with van der Waals surface area (Å²) < 4.78 is 55.5. The van der Waals surface area contributed by atoms with Crippen LogP contribution >= 0.6 is 0 Å². The fourth-order valence-corrected chi connectivity index (χ4v) is 2.07. The van der Waals surface area contributed by atoms with Crippen LogP contribution in [0.15, 0.2) is 23.1 Å². The Bertz CT molecular complexity index is 425. The molecule has 14 heavy (non-hydrogen) atoms. The van der Waals surface area contributed by atoms with Gasteiger partial charge in [-0.1, -0.05) is 6.92 Å². The van der Waals surface area contributed by atoms with Crippen LogP contribution in [0.1, 0.15) is 6.92 Å². The second-order valence-corrected chi connectivity index (χ2v) is 5.93. The normalized spacial score (nSPS) is 14.8. The minimum Gasteiger partial charge on any atom is -0.304 e. The largest absolute Gasteiger partial charge is 0.304 e. The van der Waals surface area contributed by atoms with E-state index in [9.17, 15) is 22.1 Å². The van der Waals surface area contributed by atoms with Gasteiger partial charge in [0, 0.05) is 11.8 Å². The molecule has 3 nitrogen and oxygen atoms in total. The Morgan fingerprint density at radius 2 is 1.93 bits per heavy atom. The predicted molar refractivity (Wildman–Crippen MR) is 48.6 cm³/mol. The van der Waals surface area contributed by atoms with Crippen molar-refractivity contribution in [2.75, 3.05) is 5.75 Å². The molecule has 2 N–H and O–H groups in total. The van der Waals surface area contributed by atoms with E-state index in [1.807, 2.05) is 0 Å². The Balaban J connectivity index is 3.42. The van der Waals surface area contributed by atoms with Crippen molar-refractivity contribution >= 4 is 9.63 Å². The van der Waals surface area contributed by atoms with Crippen molar-refractivity contribution in [1.29, 1.82) is 0 Å². The van der Waals surface area contributed by atoms with Gasteiger partial charge in [-0.2, -0.15) is 0 Å². The summed E-state index contributed by atoms with van der Waals surface area (Å²) in [4.78, 5) is -0.772. The van der Waals surface area contributed by atoms with Gasteiger partial charge in [0.25, 0.3) is 0 Å². The molecule has 0 amide bonds. The van der Waals surface area contributed by atoms with Crippen LogP contribution in [0.3, 0.4) is 0 Å². The van der Waals surface area contributed by atoms with Gasteiger partial charge in [-0.25, -0.2) is 13.0 Å². The molecule has 0 saturated heterocycles. The lowest BCUT2D eigenvalue weighted by atomic mass is 10.3. The molecule has 0 heterocycles. The molecule has 0 aromatic heterocycles. The van der Waals surface area contributed by atoms with Gasteiger partial charge >= 0.3 is 0 Å². The molecule has 0 fully saturated rings. The summed E-state index contributed by atoms with van der Waals surface area (Å²) in [5.74, 6) is -2.64. The van der Waals surface area contributed by atoms with E-state index < -0.39 is 31.9 Å². The first-order valence-corrected chi connectivity index (χ1v) is 5.90. The molecule has 1 aromatic carbocycles. The van der Waals surface area contributed by atoms with E-state index >= 15 is 0 Å². The maximum atomic E-state index is 13.0. The molecule has 1 aromatic rings. The molecular weight excluding hydrogens is 214 g/mol. The van der Waals surface area contributed by atoms with Crippen LogP contribution in [0.5, 0.6) is 0 Å². The molecule has 0 unspecified atom stereocenters. The van der Waals surface area contributed by atoms with Gasteiger partial charge in [0.1, 0.15) is 21.3 Å². The first kappa shape index (κ1) is 11.2. The fourth-order valence-electron chi connectivity index (χ4n) is 0.963. The molecule has 0 radical (unpaired) electrons. The molecule has 6 heteroatoms. The molecule has 80 valence electrons. The molecule has 0 spiro atoms. The number of halogens is 2. The summed E-state index contributed by atoms with van der Waals surface area (Å²) in [5.41, 5.74) is 0. The summed E-state index contributed by atoms with van der Waals surface area (Å²) in [6.45, 7) is 1.23. The summed E-state index contributed by atoms with van der Waals surface area (Å²) in [5, 5.41) is 0. The topological polar surface area (TPSA) is 57.5 Å². The summed E-state index contributed by atoms with van der Waals surface area (Å²) in [7, 11) is -5.13. The Kier molecular flexibility index (Phi) is 2.47. The van der Waals surface area contributed by atoms with E-state index in [4.69, 9.17) is 0 Å². The van der Waals surface area contributed by atoms with E-state index in [0.717, 1.165) is 12.1 Å². The molecule has 0 aliphatic rings. The number of hydrogen-bond donors (Lipinski definition) is 2.